The van der Waals surface area contributed by atoms with Crippen LogP contribution in [0.15, 0.2) is 17.5 Å². The maximum atomic E-state index is 5.85. The molecule has 1 aromatic heterocycles. The van der Waals surface area contributed by atoms with Gasteiger partial charge in [0.2, 0.25) is 0 Å². The average Bonchev–Trinajstić information content (AvgIpc) is 2.83. The van der Waals surface area contributed by atoms with Gasteiger partial charge in [-0.25, -0.2) is 4.98 Å². The Morgan fingerprint density at radius 3 is 2.58 bits per heavy atom. The van der Waals surface area contributed by atoms with Crippen LogP contribution in [0.1, 0.15) is 27.4 Å². The molecule has 1 heterocycles. The van der Waals surface area contributed by atoms with Crippen LogP contribution >= 0.6 is 22.9 Å². The molecule has 0 N–H and O–H groups in total. The van der Waals surface area contributed by atoms with E-state index in [1.54, 1.807) is 11.3 Å². The maximum Gasteiger partial charge on any atom is 0.122 e. The van der Waals surface area contributed by atoms with Crippen molar-refractivity contribution >= 4 is 22.9 Å². The van der Waals surface area contributed by atoms with Crippen molar-refractivity contribution in [1.29, 1.82) is 0 Å². The normalized spacial score (nSPS) is 10.7. The predicted octanol–water partition coefficient (Wildman–Crippen LogP) is 4.43. The second kappa shape index (κ2) is 6.40. The Morgan fingerprint density at radius 1 is 1.16 bits per heavy atom. The summed E-state index contributed by atoms with van der Waals surface area (Å²) in [5.41, 5.74) is 4.70. The number of benzene rings is 1. The zero-order chi connectivity index (χ0) is 13.8. The molecule has 0 radical (unpaired) electrons. The van der Waals surface area contributed by atoms with Gasteiger partial charge in [0.05, 0.1) is 23.2 Å². The quantitative estimate of drug-likeness (QED) is 0.761. The van der Waals surface area contributed by atoms with E-state index in [0.29, 0.717) is 12.5 Å². The third kappa shape index (κ3) is 3.71. The van der Waals surface area contributed by atoms with Gasteiger partial charge in [0.15, 0.2) is 0 Å². The fourth-order valence-electron chi connectivity index (χ4n) is 1.86. The van der Waals surface area contributed by atoms with Crippen LogP contribution in [0, 0.1) is 20.8 Å². The van der Waals surface area contributed by atoms with E-state index in [0.717, 1.165) is 22.9 Å². The smallest absolute Gasteiger partial charge is 0.122 e. The highest BCUT2D eigenvalue weighted by Crippen LogP contribution is 2.22. The van der Waals surface area contributed by atoms with Crippen LogP contribution in [-0.4, -0.2) is 11.6 Å². The molecule has 2 aromatic rings. The molecule has 102 valence electrons. The van der Waals surface area contributed by atoms with Crippen LogP contribution < -0.4 is 4.74 Å². The van der Waals surface area contributed by atoms with E-state index in [2.05, 4.69) is 37.9 Å². The van der Waals surface area contributed by atoms with Crippen molar-refractivity contribution in [2.75, 3.05) is 6.61 Å². The summed E-state index contributed by atoms with van der Waals surface area (Å²) in [5, 5.41) is 3.08. The Bertz CT molecular complexity index is 565. The third-order valence-corrected chi connectivity index (χ3v) is 4.33. The van der Waals surface area contributed by atoms with Crippen molar-refractivity contribution in [3.05, 3.63) is 44.9 Å². The molecule has 0 atom stereocenters. The highest BCUT2D eigenvalue weighted by molar-refractivity contribution is 7.09. The van der Waals surface area contributed by atoms with Crippen LogP contribution in [0.4, 0.5) is 0 Å². The summed E-state index contributed by atoms with van der Waals surface area (Å²) in [6.45, 7) is 6.96. The first-order valence-corrected chi connectivity index (χ1v) is 7.71. The summed E-state index contributed by atoms with van der Waals surface area (Å²) in [4.78, 5) is 4.42. The van der Waals surface area contributed by atoms with Crippen LogP contribution in [0.25, 0.3) is 0 Å². The van der Waals surface area contributed by atoms with Gasteiger partial charge in [-0.2, -0.15) is 0 Å². The summed E-state index contributed by atoms with van der Waals surface area (Å²) in [7, 11) is 0. The average molecular weight is 296 g/mol. The lowest BCUT2D eigenvalue weighted by molar-refractivity contribution is 0.319. The van der Waals surface area contributed by atoms with Crippen LogP contribution in [0.3, 0.4) is 0 Å². The molecule has 0 saturated carbocycles. The van der Waals surface area contributed by atoms with E-state index in [-0.39, 0.29) is 0 Å². The number of aromatic nitrogens is 1. The van der Waals surface area contributed by atoms with Gasteiger partial charge in [-0.05, 0) is 43.5 Å². The van der Waals surface area contributed by atoms with Gasteiger partial charge in [0.1, 0.15) is 5.75 Å². The number of alkyl halides is 1. The molecular formula is C15H18ClNOS. The lowest BCUT2D eigenvalue weighted by Crippen LogP contribution is -2.03. The lowest BCUT2D eigenvalue weighted by Gasteiger charge is -2.11. The Balaban J connectivity index is 1.94. The first-order chi connectivity index (χ1) is 9.10. The van der Waals surface area contributed by atoms with Crippen LogP contribution in [0.2, 0.25) is 0 Å². The van der Waals surface area contributed by atoms with Crippen molar-refractivity contribution < 1.29 is 4.74 Å². The fraction of sp³-hybridized carbons (Fsp3) is 0.400. The summed E-state index contributed by atoms with van der Waals surface area (Å²) in [6, 6.07) is 4.27. The Kier molecular flexibility index (Phi) is 4.83. The molecular weight excluding hydrogens is 278 g/mol. The van der Waals surface area contributed by atoms with Gasteiger partial charge < -0.3 is 4.74 Å². The molecule has 0 unspecified atom stereocenters. The van der Waals surface area contributed by atoms with E-state index >= 15 is 0 Å². The first-order valence-electron chi connectivity index (χ1n) is 6.30. The summed E-state index contributed by atoms with van der Waals surface area (Å²) >= 11 is 7.38. The van der Waals surface area contributed by atoms with Crippen molar-refractivity contribution in [1.82, 2.24) is 4.98 Å². The number of rotatable bonds is 5. The van der Waals surface area contributed by atoms with E-state index in [4.69, 9.17) is 16.3 Å². The molecule has 0 fully saturated rings. The first kappa shape index (κ1) is 14.4. The van der Waals surface area contributed by atoms with Crippen molar-refractivity contribution in [3.8, 4) is 5.75 Å². The number of aryl methyl sites for hydroxylation is 3. The molecule has 0 saturated heterocycles. The lowest BCUT2D eigenvalue weighted by atomic mass is 10.1. The van der Waals surface area contributed by atoms with Gasteiger partial charge in [-0.3, -0.25) is 0 Å². The molecule has 0 aliphatic carbocycles. The number of nitrogens with zero attached hydrogens (tertiary/aromatic N) is 1. The van der Waals surface area contributed by atoms with Gasteiger partial charge in [-0.15, -0.1) is 22.9 Å². The summed E-state index contributed by atoms with van der Waals surface area (Å²) < 4.78 is 5.85. The minimum absolute atomic E-state index is 0.480. The predicted molar refractivity (Wildman–Crippen MR) is 81.5 cm³/mol. The zero-order valence-electron chi connectivity index (χ0n) is 11.5. The van der Waals surface area contributed by atoms with Crippen LogP contribution in [0.5, 0.6) is 5.75 Å². The van der Waals surface area contributed by atoms with Crippen molar-refractivity contribution in [3.63, 3.8) is 0 Å². The largest absolute Gasteiger partial charge is 0.493 e. The molecule has 19 heavy (non-hydrogen) atoms. The standard InChI is InChI=1S/C15H18ClNOS/c1-10-6-12(3)14(7-11(10)2)18-5-4-15-17-13(8-16)9-19-15/h6-7,9H,4-5,8H2,1-3H3. The highest BCUT2D eigenvalue weighted by atomic mass is 35.5. The van der Waals surface area contributed by atoms with E-state index < -0.39 is 0 Å². The minimum Gasteiger partial charge on any atom is -0.493 e. The maximum absolute atomic E-state index is 5.85. The molecule has 0 spiro atoms. The molecule has 0 amide bonds. The zero-order valence-corrected chi connectivity index (χ0v) is 13.1. The Labute approximate surface area is 123 Å². The molecule has 4 heteroatoms. The SMILES string of the molecule is Cc1cc(C)c(OCCc2nc(CCl)cs2)cc1C. The van der Waals surface area contributed by atoms with Crippen molar-refractivity contribution in [2.24, 2.45) is 0 Å². The Morgan fingerprint density at radius 2 is 1.89 bits per heavy atom. The third-order valence-electron chi connectivity index (χ3n) is 3.10. The fourth-order valence-corrected chi connectivity index (χ4v) is 2.87. The van der Waals surface area contributed by atoms with Gasteiger partial charge >= 0.3 is 0 Å². The number of hydrogen-bond acceptors (Lipinski definition) is 3. The number of hydrogen-bond donors (Lipinski definition) is 0. The van der Waals surface area contributed by atoms with Gasteiger partial charge in [0, 0.05) is 11.8 Å². The van der Waals surface area contributed by atoms with Crippen molar-refractivity contribution in [2.45, 2.75) is 33.1 Å². The van der Waals surface area contributed by atoms with Gasteiger partial charge in [0.25, 0.3) is 0 Å². The Hall–Kier alpha value is -1.06. The van der Waals surface area contributed by atoms with E-state index in [1.165, 1.54) is 16.7 Å². The van der Waals surface area contributed by atoms with Crippen LogP contribution in [-0.2, 0) is 12.3 Å². The highest BCUT2D eigenvalue weighted by Gasteiger charge is 2.05. The summed E-state index contributed by atoms with van der Waals surface area (Å²) in [5.74, 6) is 1.45. The molecule has 2 nitrogen and oxygen atoms in total. The molecule has 2 rings (SSSR count). The topological polar surface area (TPSA) is 22.1 Å². The molecule has 0 aliphatic rings. The van der Waals surface area contributed by atoms with E-state index in [1.807, 2.05) is 5.38 Å². The summed E-state index contributed by atoms with van der Waals surface area (Å²) in [6.07, 6.45) is 0.827. The second-order valence-corrected chi connectivity index (χ2v) is 5.88. The number of halogens is 1. The molecule has 0 aliphatic heterocycles. The minimum atomic E-state index is 0.480. The second-order valence-electron chi connectivity index (χ2n) is 4.67. The molecule has 1 aromatic carbocycles. The molecule has 0 bridgehead atoms. The number of thiazole rings is 1. The monoisotopic (exact) mass is 295 g/mol. The number of ether oxygens (including phenoxy) is 1. The van der Waals surface area contributed by atoms with E-state index in [9.17, 15) is 0 Å². The van der Waals surface area contributed by atoms with Gasteiger partial charge in [-0.1, -0.05) is 6.07 Å².